The lowest BCUT2D eigenvalue weighted by Gasteiger charge is -1.95. The van der Waals surface area contributed by atoms with E-state index in [4.69, 9.17) is 11.6 Å². The summed E-state index contributed by atoms with van der Waals surface area (Å²) in [5.41, 5.74) is 0.539. The molecule has 5 heteroatoms. The Kier molecular flexibility index (Phi) is 1.77. The van der Waals surface area contributed by atoms with Crippen molar-refractivity contribution >= 4 is 28.5 Å². The van der Waals surface area contributed by atoms with Crippen LogP contribution in [0.2, 0.25) is 5.02 Å². The number of rotatable bonds is 0. The molecule has 0 N–H and O–H groups in total. The van der Waals surface area contributed by atoms with Crippen molar-refractivity contribution in [2.45, 2.75) is 6.92 Å². The molecule has 0 saturated heterocycles. The first kappa shape index (κ1) is 8.19. The Morgan fingerprint density at radius 1 is 1.54 bits per heavy atom. The van der Waals surface area contributed by atoms with Crippen LogP contribution in [0.4, 0.5) is 0 Å². The number of carbonyl (C=O) groups excluding carboxylic acids is 1. The van der Waals surface area contributed by atoms with Gasteiger partial charge in [-0.05, 0) is 6.07 Å². The molecule has 0 unspecified atom stereocenters. The van der Waals surface area contributed by atoms with Gasteiger partial charge in [-0.2, -0.15) is 9.78 Å². The van der Waals surface area contributed by atoms with Gasteiger partial charge < -0.3 is 0 Å². The van der Waals surface area contributed by atoms with Crippen molar-refractivity contribution in [3.05, 3.63) is 23.5 Å². The van der Waals surface area contributed by atoms with Crippen LogP contribution in [0.25, 0.3) is 11.0 Å². The smallest absolute Gasteiger partial charge is 0.245 e. The molecule has 66 valence electrons. The second-order valence-corrected chi connectivity index (χ2v) is 3.08. The molecule has 0 amide bonds. The van der Waals surface area contributed by atoms with Crippen LogP contribution in [0, 0.1) is 0 Å². The number of fused-ring (bicyclic) bond motifs is 1. The number of pyridine rings is 1. The number of carbonyl (C=O) groups is 1. The van der Waals surface area contributed by atoms with Gasteiger partial charge in [-0.15, -0.1) is 0 Å². The van der Waals surface area contributed by atoms with E-state index < -0.39 is 0 Å². The Morgan fingerprint density at radius 2 is 2.31 bits per heavy atom. The maximum Gasteiger partial charge on any atom is 0.245 e. The number of nitrogens with zero attached hydrogens (tertiary/aromatic N) is 3. The predicted octanol–water partition coefficient (Wildman–Crippen LogP) is 1.74. The second-order valence-electron chi connectivity index (χ2n) is 2.64. The molecule has 0 aliphatic heterocycles. The summed E-state index contributed by atoms with van der Waals surface area (Å²) in [6, 6.07) is 1.72. The van der Waals surface area contributed by atoms with E-state index in [2.05, 4.69) is 10.1 Å². The number of halogens is 1. The first-order valence-corrected chi connectivity index (χ1v) is 4.06. The number of aromatic nitrogens is 3. The van der Waals surface area contributed by atoms with E-state index in [0.717, 1.165) is 5.39 Å². The van der Waals surface area contributed by atoms with Gasteiger partial charge in [-0.1, -0.05) is 11.6 Å². The van der Waals surface area contributed by atoms with Crippen molar-refractivity contribution in [2.75, 3.05) is 0 Å². The average molecular weight is 196 g/mol. The maximum atomic E-state index is 11.0. The van der Waals surface area contributed by atoms with Gasteiger partial charge in [0.1, 0.15) is 0 Å². The fourth-order valence-electron chi connectivity index (χ4n) is 1.12. The first-order chi connectivity index (χ1) is 6.18. The SMILES string of the molecule is CC(=O)n1ncc2cc(Cl)cnc21. The summed E-state index contributed by atoms with van der Waals surface area (Å²) in [5, 5.41) is 5.19. The molecular formula is C8H6ClN3O. The summed E-state index contributed by atoms with van der Waals surface area (Å²) in [6.07, 6.45) is 3.06. The van der Waals surface area contributed by atoms with Gasteiger partial charge in [0, 0.05) is 18.5 Å². The topological polar surface area (TPSA) is 47.8 Å². The zero-order valence-electron chi connectivity index (χ0n) is 6.86. The Labute approximate surface area is 79.1 Å². The summed E-state index contributed by atoms with van der Waals surface area (Å²) in [6.45, 7) is 1.43. The van der Waals surface area contributed by atoms with Crippen LogP contribution >= 0.6 is 11.6 Å². The first-order valence-electron chi connectivity index (χ1n) is 3.69. The molecular weight excluding hydrogens is 190 g/mol. The van der Waals surface area contributed by atoms with Crippen LogP contribution in [-0.2, 0) is 0 Å². The average Bonchev–Trinajstić information content (AvgIpc) is 2.46. The van der Waals surface area contributed by atoms with Crippen molar-refractivity contribution in [2.24, 2.45) is 0 Å². The minimum Gasteiger partial charge on any atom is -0.273 e. The quantitative estimate of drug-likeness (QED) is 0.644. The fourth-order valence-corrected chi connectivity index (χ4v) is 1.29. The van der Waals surface area contributed by atoms with E-state index in [0.29, 0.717) is 10.7 Å². The molecule has 13 heavy (non-hydrogen) atoms. The van der Waals surface area contributed by atoms with Crippen LogP contribution in [-0.4, -0.2) is 20.7 Å². The van der Waals surface area contributed by atoms with Crippen molar-refractivity contribution in [1.29, 1.82) is 0 Å². The standard InChI is InChI=1S/C8H6ClN3O/c1-5(13)12-8-6(3-11-12)2-7(9)4-10-8/h2-4H,1H3. The van der Waals surface area contributed by atoms with Gasteiger partial charge in [-0.25, -0.2) is 4.98 Å². The normalized spacial score (nSPS) is 10.6. The van der Waals surface area contributed by atoms with Gasteiger partial charge >= 0.3 is 0 Å². The maximum absolute atomic E-state index is 11.0. The predicted molar refractivity (Wildman–Crippen MR) is 48.8 cm³/mol. The molecule has 0 aliphatic carbocycles. The molecule has 0 aliphatic rings. The zero-order chi connectivity index (χ0) is 9.42. The van der Waals surface area contributed by atoms with Gasteiger partial charge in [-0.3, -0.25) is 4.79 Å². The van der Waals surface area contributed by atoms with Gasteiger partial charge in [0.15, 0.2) is 5.65 Å². The molecule has 0 saturated carbocycles. The van der Waals surface area contributed by atoms with Crippen molar-refractivity contribution < 1.29 is 4.79 Å². The summed E-state index contributed by atoms with van der Waals surface area (Å²) >= 11 is 5.72. The lowest BCUT2D eigenvalue weighted by atomic mass is 10.4. The van der Waals surface area contributed by atoms with Crippen LogP contribution in [0.15, 0.2) is 18.5 Å². The highest BCUT2D eigenvalue weighted by molar-refractivity contribution is 6.31. The zero-order valence-corrected chi connectivity index (χ0v) is 7.62. The molecule has 2 aromatic rings. The summed E-state index contributed by atoms with van der Waals surface area (Å²) in [4.78, 5) is 15.0. The van der Waals surface area contributed by atoms with E-state index in [1.807, 2.05) is 0 Å². The lowest BCUT2D eigenvalue weighted by Crippen LogP contribution is -2.07. The van der Waals surface area contributed by atoms with Crippen molar-refractivity contribution in [3.8, 4) is 0 Å². The fraction of sp³-hybridized carbons (Fsp3) is 0.125. The van der Waals surface area contributed by atoms with Gasteiger partial charge in [0.05, 0.1) is 11.2 Å². The van der Waals surface area contributed by atoms with E-state index in [-0.39, 0.29) is 5.91 Å². The highest BCUT2D eigenvalue weighted by Crippen LogP contribution is 2.15. The minimum absolute atomic E-state index is 0.162. The van der Waals surface area contributed by atoms with Crippen LogP contribution < -0.4 is 0 Å². The van der Waals surface area contributed by atoms with Crippen LogP contribution in [0.5, 0.6) is 0 Å². The molecule has 0 radical (unpaired) electrons. The molecule has 0 spiro atoms. The molecule has 0 atom stereocenters. The van der Waals surface area contributed by atoms with E-state index in [9.17, 15) is 4.79 Å². The molecule has 0 fully saturated rings. The van der Waals surface area contributed by atoms with Crippen LogP contribution in [0.1, 0.15) is 11.7 Å². The number of hydrogen-bond donors (Lipinski definition) is 0. The summed E-state index contributed by atoms with van der Waals surface area (Å²) < 4.78 is 1.24. The van der Waals surface area contributed by atoms with E-state index in [1.54, 1.807) is 12.3 Å². The molecule has 2 rings (SSSR count). The molecule has 0 aromatic carbocycles. The van der Waals surface area contributed by atoms with Gasteiger partial charge in [0.2, 0.25) is 5.91 Å². The summed E-state index contributed by atoms with van der Waals surface area (Å²) in [5.74, 6) is -0.162. The van der Waals surface area contributed by atoms with E-state index >= 15 is 0 Å². The third kappa shape index (κ3) is 1.29. The lowest BCUT2D eigenvalue weighted by molar-refractivity contribution is 0.0926. The monoisotopic (exact) mass is 195 g/mol. The third-order valence-electron chi connectivity index (χ3n) is 1.67. The van der Waals surface area contributed by atoms with Crippen LogP contribution in [0.3, 0.4) is 0 Å². The molecule has 0 bridgehead atoms. The van der Waals surface area contributed by atoms with Crippen molar-refractivity contribution in [3.63, 3.8) is 0 Å². The Hall–Kier alpha value is -1.42. The minimum atomic E-state index is -0.162. The van der Waals surface area contributed by atoms with Crippen molar-refractivity contribution in [1.82, 2.24) is 14.8 Å². The largest absolute Gasteiger partial charge is 0.273 e. The number of hydrogen-bond acceptors (Lipinski definition) is 3. The Balaban J connectivity index is 2.76. The molecule has 2 heterocycles. The molecule has 4 nitrogen and oxygen atoms in total. The van der Waals surface area contributed by atoms with Gasteiger partial charge in [0.25, 0.3) is 0 Å². The Morgan fingerprint density at radius 3 is 3.00 bits per heavy atom. The highest BCUT2D eigenvalue weighted by atomic mass is 35.5. The van der Waals surface area contributed by atoms with E-state index in [1.165, 1.54) is 17.8 Å². The third-order valence-corrected chi connectivity index (χ3v) is 1.88. The summed E-state index contributed by atoms with van der Waals surface area (Å²) in [7, 11) is 0. The highest BCUT2D eigenvalue weighted by Gasteiger charge is 2.06. The second kappa shape index (κ2) is 2.81. The molecule has 2 aromatic heterocycles. The Bertz CT molecular complexity index is 477.